The maximum atomic E-state index is 6.03. The van der Waals surface area contributed by atoms with Gasteiger partial charge in [-0.15, -0.1) is 0 Å². The van der Waals surface area contributed by atoms with E-state index in [2.05, 4.69) is 27.0 Å². The smallest absolute Gasteiger partial charge is 0.149 e. The van der Waals surface area contributed by atoms with E-state index in [4.69, 9.17) is 5.73 Å². The lowest BCUT2D eigenvalue weighted by Gasteiger charge is -2.30. The lowest BCUT2D eigenvalue weighted by Crippen LogP contribution is -2.33. The highest BCUT2D eigenvalue weighted by Crippen LogP contribution is 2.28. The molecule has 0 aliphatic carbocycles. The Labute approximate surface area is 102 Å². The monoisotopic (exact) mass is 235 g/mol. The number of piperidine rings is 1. The van der Waals surface area contributed by atoms with Gasteiger partial charge in [-0.1, -0.05) is 0 Å². The topological polar surface area (TPSA) is 59.1 Å². The predicted molar refractivity (Wildman–Crippen MR) is 67.8 cm³/mol. The molecular formula is C12H21N5. The summed E-state index contributed by atoms with van der Waals surface area (Å²) >= 11 is 0. The summed E-state index contributed by atoms with van der Waals surface area (Å²) in [5.74, 6) is 0.750. The first kappa shape index (κ1) is 11.0. The number of hydrogen-bond acceptors (Lipinski definition) is 4. The average molecular weight is 235 g/mol. The zero-order chi connectivity index (χ0) is 11.8. The fourth-order valence-corrected chi connectivity index (χ4v) is 2.94. The van der Waals surface area contributed by atoms with Gasteiger partial charge in [-0.25, -0.2) is 0 Å². The molecule has 0 spiro atoms. The van der Waals surface area contributed by atoms with E-state index in [-0.39, 0.29) is 0 Å². The van der Waals surface area contributed by atoms with Gasteiger partial charge in [-0.2, -0.15) is 5.10 Å². The number of hydrogen-bond donors (Lipinski definition) is 2. The van der Waals surface area contributed by atoms with Gasteiger partial charge in [0.05, 0.1) is 11.7 Å². The lowest BCUT2D eigenvalue weighted by molar-refractivity contribution is 0.209. The molecule has 3 rings (SSSR count). The van der Waals surface area contributed by atoms with Crippen molar-refractivity contribution in [3.8, 4) is 0 Å². The molecule has 94 valence electrons. The van der Waals surface area contributed by atoms with Crippen molar-refractivity contribution in [1.29, 1.82) is 0 Å². The van der Waals surface area contributed by atoms with Gasteiger partial charge in [-0.3, -0.25) is 4.68 Å². The van der Waals surface area contributed by atoms with E-state index in [9.17, 15) is 0 Å². The van der Waals surface area contributed by atoms with Crippen LogP contribution >= 0.6 is 0 Å². The van der Waals surface area contributed by atoms with Crippen molar-refractivity contribution >= 4 is 5.82 Å². The molecule has 3 N–H and O–H groups in total. The number of nitrogen functional groups attached to an aromatic ring is 1. The summed E-state index contributed by atoms with van der Waals surface area (Å²) in [7, 11) is 2.19. The fraction of sp³-hybridized carbons (Fsp3) is 0.750. The average Bonchev–Trinajstić information content (AvgIpc) is 2.69. The van der Waals surface area contributed by atoms with E-state index in [1.165, 1.54) is 24.1 Å². The van der Waals surface area contributed by atoms with Gasteiger partial charge >= 0.3 is 0 Å². The highest BCUT2D eigenvalue weighted by atomic mass is 15.3. The van der Waals surface area contributed by atoms with E-state index in [1.54, 1.807) is 0 Å². The Morgan fingerprint density at radius 2 is 2.12 bits per heavy atom. The summed E-state index contributed by atoms with van der Waals surface area (Å²) in [5.41, 5.74) is 8.63. The van der Waals surface area contributed by atoms with Crippen LogP contribution in [0.1, 0.15) is 30.1 Å². The van der Waals surface area contributed by atoms with E-state index < -0.39 is 0 Å². The minimum Gasteiger partial charge on any atom is -0.382 e. The van der Waals surface area contributed by atoms with E-state index in [0.717, 1.165) is 38.4 Å². The van der Waals surface area contributed by atoms with Crippen LogP contribution in [-0.4, -0.2) is 41.4 Å². The Hall–Kier alpha value is -1.07. The molecule has 1 saturated heterocycles. The van der Waals surface area contributed by atoms with Crippen LogP contribution in [0.4, 0.5) is 5.82 Å². The Kier molecular flexibility index (Phi) is 2.80. The van der Waals surface area contributed by atoms with Crippen LogP contribution in [0.3, 0.4) is 0 Å². The molecule has 0 bridgehead atoms. The van der Waals surface area contributed by atoms with Crippen molar-refractivity contribution in [3.05, 3.63) is 11.3 Å². The lowest BCUT2D eigenvalue weighted by atomic mass is 10.0. The Bertz CT molecular complexity index is 403. The number of fused-ring (bicyclic) bond motifs is 1. The molecule has 0 radical (unpaired) electrons. The maximum Gasteiger partial charge on any atom is 0.149 e. The SMILES string of the molecule is CN1CCC(n2nc(N)c3c2CNCC3)CC1. The largest absolute Gasteiger partial charge is 0.382 e. The van der Waals surface area contributed by atoms with Gasteiger partial charge in [0.1, 0.15) is 5.82 Å². The van der Waals surface area contributed by atoms with Gasteiger partial charge in [0.25, 0.3) is 0 Å². The van der Waals surface area contributed by atoms with Crippen molar-refractivity contribution in [2.24, 2.45) is 0 Å². The second kappa shape index (κ2) is 4.31. The molecule has 0 aromatic carbocycles. The van der Waals surface area contributed by atoms with Gasteiger partial charge in [0.15, 0.2) is 0 Å². The molecule has 1 fully saturated rings. The number of likely N-dealkylation sites (tertiary alicyclic amines) is 1. The van der Waals surface area contributed by atoms with Crippen LogP contribution in [0.25, 0.3) is 0 Å². The molecule has 5 nitrogen and oxygen atoms in total. The number of rotatable bonds is 1. The molecule has 0 atom stereocenters. The minimum absolute atomic E-state index is 0.539. The van der Waals surface area contributed by atoms with Gasteiger partial charge < -0.3 is 16.0 Å². The van der Waals surface area contributed by atoms with Crippen LogP contribution in [-0.2, 0) is 13.0 Å². The maximum absolute atomic E-state index is 6.03. The highest BCUT2D eigenvalue weighted by molar-refractivity contribution is 5.44. The van der Waals surface area contributed by atoms with Crippen molar-refractivity contribution in [2.45, 2.75) is 31.8 Å². The predicted octanol–water partition coefficient (Wildman–Crippen LogP) is 0.378. The van der Waals surface area contributed by atoms with Gasteiger partial charge in [0, 0.05) is 12.1 Å². The Morgan fingerprint density at radius 3 is 2.88 bits per heavy atom. The summed E-state index contributed by atoms with van der Waals surface area (Å²) in [6.45, 7) is 4.27. The summed E-state index contributed by atoms with van der Waals surface area (Å²) in [6, 6.07) is 0.539. The third kappa shape index (κ3) is 1.93. The molecule has 3 heterocycles. The van der Waals surface area contributed by atoms with E-state index >= 15 is 0 Å². The van der Waals surface area contributed by atoms with Crippen LogP contribution in [0.5, 0.6) is 0 Å². The Balaban J connectivity index is 1.87. The highest BCUT2D eigenvalue weighted by Gasteiger charge is 2.25. The molecule has 5 heteroatoms. The quantitative estimate of drug-likeness (QED) is 0.739. The van der Waals surface area contributed by atoms with Crippen molar-refractivity contribution in [1.82, 2.24) is 20.0 Å². The normalized spacial score (nSPS) is 22.6. The molecule has 1 aromatic heterocycles. The van der Waals surface area contributed by atoms with E-state index in [0.29, 0.717) is 6.04 Å². The van der Waals surface area contributed by atoms with Crippen LogP contribution < -0.4 is 11.1 Å². The number of nitrogens with zero attached hydrogens (tertiary/aromatic N) is 3. The number of nitrogens with one attached hydrogen (secondary N) is 1. The van der Waals surface area contributed by atoms with Crippen molar-refractivity contribution in [2.75, 3.05) is 32.4 Å². The second-order valence-corrected chi connectivity index (χ2v) is 5.22. The van der Waals surface area contributed by atoms with Gasteiger partial charge in [0.2, 0.25) is 0 Å². The zero-order valence-electron chi connectivity index (χ0n) is 10.4. The molecule has 17 heavy (non-hydrogen) atoms. The summed E-state index contributed by atoms with van der Waals surface area (Å²) in [4.78, 5) is 2.38. The second-order valence-electron chi connectivity index (χ2n) is 5.22. The first-order chi connectivity index (χ1) is 8.25. The summed E-state index contributed by atoms with van der Waals surface area (Å²) < 4.78 is 2.20. The van der Waals surface area contributed by atoms with Gasteiger partial charge in [-0.05, 0) is 45.9 Å². The number of anilines is 1. The van der Waals surface area contributed by atoms with E-state index in [1.807, 2.05) is 0 Å². The molecule has 2 aliphatic heterocycles. The van der Waals surface area contributed by atoms with Crippen LogP contribution in [0, 0.1) is 0 Å². The van der Waals surface area contributed by atoms with Crippen molar-refractivity contribution < 1.29 is 0 Å². The summed E-state index contributed by atoms with van der Waals surface area (Å²) in [6.07, 6.45) is 3.39. The standard InChI is InChI=1S/C12H21N5/c1-16-6-3-9(4-7-16)17-11-8-14-5-2-10(11)12(13)15-17/h9,14H,2-8H2,1H3,(H2,13,15). The molecular weight excluding hydrogens is 214 g/mol. The third-order valence-electron chi connectivity index (χ3n) is 4.03. The molecule has 2 aliphatic rings. The molecule has 0 amide bonds. The zero-order valence-corrected chi connectivity index (χ0v) is 10.4. The number of nitrogens with two attached hydrogens (primary N) is 1. The molecule has 1 aromatic rings. The molecule has 0 saturated carbocycles. The van der Waals surface area contributed by atoms with Crippen molar-refractivity contribution in [3.63, 3.8) is 0 Å². The third-order valence-corrected chi connectivity index (χ3v) is 4.03. The first-order valence-corrected chi connectivity index (χ1v) is 6.50. The molecule has 0 unspecified atom stereocenters. The Morgan fingerprint density at radius 1 is 1.35 bits per heavy atom. The fourth-order valence-electron chi connectivity index (χ4n) is 2.94. The van der Waals surface area contributed by atoms with Crippen LogP contribution in [0.15, 0.2) is 0 Å². The number of aromatic nitrogens is 2. The summed E-state index contributed by atoms with van der Waals surface area (Å²) in [5, 5.41) is 7.99. The van der Waals surface area contributed by atoms with Crippen LogP contribution in [0.2, 0.25) is 0 Å². The minimum atomic E-state index is 0.539. The first-order valence-electron chi connectivity index (χ1n) is 6.50.